The van der Waals surface area contributed by atoms with Gasteiger partial charge in [0.15, 0.2) is 0 Å². The minimum Gasteiger partial charge on any atom is -0.465 e. The van der Waals surface area contributed by atoms with Crippen molar-refractivity contribution in [1.82, 2.24) is 0 Å². The molecule has 0 saturated carbocycles. The molecule has 0 radical (unpaired) electrons. The van der Waals surface area contributed by atoms with Crippen molar-refractivity contribution in [2.75, 3.05) is 12.4 Å². The van der Waals surface area contributed by atoms with Crippen molar-refractivity contribution in [3.05, 3.63) is 59.7 Å². The maximum atomic E-state index is 13.0. The number of carbonyl (C=O) groups is 2. The molecule has 0 aliphatic heterocycles. The van der Waals surface area contributed by atoms with Crippen molar-refractivity contribution in [2.24, 2.45) is 0 Å². The molecule has 1 amide bonds. The van der Waals surface area contributed by atoms with Gasteiger partial charge in [-0.1, -0.05) is 30.3 Å². The van der Waals surface area contributed by atoms with E-state index < -0.39 is 24.3 Å². The van der Waals surface area contributed by atoms with Crippen LogP contribution in [0.3, 0.4) is 0 Å². The summed E-state index contributed by atoms with van der Waals surface area (Å²) in [5, 5.41) is 2.35. The molecule has 0 aromatic heterocycles. The van der Waals surface area contributed by atoms with E-state index in [4.69, 9.17) is 0 Å². The summed E-state index contributed by atoms with van der Waals surface area (Å²) in [5.74, 6) is -1.49. The summed E-state index contributed by atoms with van der Waals surface area (Å²) >= 11 is 0. The van der Waals surface area contributed by atoms with Crippen LogP contribution in [0.4, 0.5) is 18.6 Å². The molecule has 0 spiro atoms. The fraction of sp³-hybridized carbons (Fsp3) is 0.0667. The second kappa shape index (κ2) is 8.82. The molecule has 0 saturated heterocycles. The van der Waals surface area contributed by atoms with E-state index in [1.807, 2.05) is 0 Å². The van der Waals surface area contributed by atoms with Crippen LogP contribution in [0, 0.1) is 0 Å². The molecule has 1 N–H and O–H groups in total. The number of esters is 1. The Labute approximate surface area is 179 Å². The number of carbonyl (C=O) groups excluding carboxylic acids is 2. The van der Waals surface area contributed by atoms with E-state index in [1.165, 1.54) is 12.1 Å². The number of anilines is 1. The molecule has 0 bridgehead atoms. The number of halogens is 3. The van der Waals surface area contributed by atoms with E-state index in [0.717, 1.165) is 19.2 Å². The molecule has 9 heteroatoms. The normalized spacial score (nSPS) is 10.5. The third-order valence-corrected chi connectivity index (χ3v) is 3.05. The Morgan fingerprint density at radius 2 is 1.62 bits per heavy atom. The molecule has 0 unspecified atom stereocenters. The summed E-state index contributed by atoms with van der Waals surface area (Å²) in [6.07, 6.45) is 0. The van der Waals surface area contributed by atoms with Crippen LogP contribution in [0.5, 0.6) is 0 Å². The summed E-state index contributed by atoms with van der Waals surface area (Å²) in [4.78, 5) is 23.5. The van der Waals surface area contributed by atoms with Gasteiger partial charge in [-0.25, -0.2) is 4.79 Å². The van der Waals surface area contributed by atoms with Gasteiger partial charge in [0.05, 0.1) is 12.7 Å². The van der Waals surface area contributed by atoms with Gasteiger partial charge in [-0.05, 0) is 18.2 Å². The number of amides is 1. The van der Waals surface area contributed by atoms with Gasteiger partial charge in [0.25, 0.3) is 5.91 Å². The zero-order valence-electron chi connectivity index (χ0n) is 13.1. The van der Waals surface area contributed by atoms with E-state index in [9.17, 15) is 22.5 Å². The SMILES string of the molecule is COC(=O)c1cc(NC(=O)c2ccccc2)cc([B-](F)(F)F)c1.[K+]. The summed E-state index contributed by atoms with van der Waals surface area (Å²) in [5.41, 5.74) is -1.12. The summed E-state index contributed by atoms with van der Waals surface area (Å²) < 4.78 is 43.4. The van der Waals surface area contributed by atoms with Gasteiger partial charge in [0, 0.05) is 11.3 Å². The molecule has 0 aliphatic carbocycles. The fourth-order valence-corrected chi connectivity index (χ4v) is 1.94. The Morgan fingerprint density at radius 3 is 2.17 bits per heavy atom. The van der Waals surface area contributed by atoms with Gasteiger partial charge in [-0.3, -0.25) is 4.79 Å². The van der Waals surface area contributed by atoms with E-state index in [0.29, 0.717) is 6.07 Å². The van der Waals surface area contributed by atoms with Crippen molar-refractivity contribution in [1.29, 1.82) is 0 Å². The molecule has 0 fully saturated rings. The second-order valence-corrected chi connectivity index (χ2v) is 4.73. The molecule has 24 heavy (non-hydrogen) atoms. The van der Waals surface area contributed by atoms with Crippen LogP contribution in [0.15, 0.2) is 48.5 Å². The molecular formula is C15H12BF3KNO3. The zero-order chi connectivity index (χ0) is 17.0. The van der Waals surface area contributed by atoms with E-state index >= 15 is 0 Å². The predicted molar refractivity (Wildman–Crippen MR) is 80.9 cm³/mol. The first-order valence-electron chi connectivity index (χ1n) is 6.61. The van der Waals surface area contributed by atoms with Crippen molar-refractivity contribution < 1.29 is 78.7 Å². The van der Waals surface area contributed by atoms with E-state index in [2.05, 4.69) is 10.1 Å². The number of ether oxygens (including phenoxy) is 1. The average Bonchev–Trinajstić information content (AvgIpc) is 2.53. The van der Waals surface area contributed by atoms with Crippen molar-refractivity contribution in [3.8, 4) is 0 Å². The predicted octanol–water partition coefficient (Wildman–Crippen LogP) is -0.216. The maximum Gasteiger partial charge on any atom is 1.00 e. The molecule has 0 heterocycles. The van der Waals surface area contributed by atoms with Gasteiger partial charge in [-0.15, -0.1) is 5.46 Å². The van der Waals surface area contributed by atoms with Crippen LogP contribution in [-0.2, 0) is 4.74 Å². The number of benzene rings is 2. The number of rotatable bonds is 4. The molecule has 0 atom stereocenters. The molecular weight excluding hydrogens is 349 g/mol. The summed E-state index contributed by atoms with van der Waals surface area (Å²) in [7, 11) is 1.07. The quantitative estimate of drug-likeness (QED) is 0.606. The first kappa shape index (κ1) is 20.9. The molecule has 0 aliphatic rings. The first-order chi connectivity index (χ1) is 10.8. The Balaban J connectivity index is 0.00000288. The van der Waals surface area contributed by atoms with Crippen LogP contribution in [0.25, 0.3) is 0 Å². The topological polar surface area (TPSA) is 55.4 Å². The minimum atomic E-state index is -5.33. The third-order valence-electron chi connectivity index (χ3n) is 3.05. The molecule has 2 aromatic carbocycles. The van der Waals surface area contributed by atoms with E-state index in [-0.39, 0.29) is 68.2 Å². The molecule has 2 aromatic rings. The van der Waals surface area contributed by atoms with E-state index in [1.54, 1.807) is 18.2 Å². The monoisotopic (exact) mass is 361 g/mol. The second-order valence-electron chi connectivity index (χ2n) is 4.73. The Bertz CT molecular complexity index is 738. The number of nitrogens with one attached hydrogen (secondary N) is 1. The van der Waals surface area contributed by atoms with Crippen LogP contribution < -0.4 is 62.2 Å². The molecule has 4 nitrogen and oxygen atoms in total. The van der Waals surface area contributed by atoms with Crippen LogP contribution in [0.1, 0.15) is 20.7 Å². The first-order valence-corrected chi connectivity index (χ1v) is 6.61. The van der Waals surface area contributed by atoms with Gasteiger partial charge in [0.1, 0.15) is 0 Å². The van der Waals surface area contributed by atoms with Crippen LogP contribution in [-0.4, -0.2) is 26.0 Å². The van der Waals surface area contributed by atoms with Gasteiger partial charge < -0.3 is 23.0 Å². The van der Waals surface area contributed by atoms with Crippen molar-refractivity contribution >= 4 is 30.0 Å². The largest absolute Gasteiger partial charge is 1.00 e. The van der Waals surface area contributed by atoms with Crippen molar-refractivity contribution in [2.45, 2.75) is 0 Å². The number of hydrogen-bond donors (Lipinski definition) is 1. The Hall–Kier alpha value is -1.13. The summed E-state index contributed by atoms with van der Waals surface area (Å²) in [6, 6.07) is 10.6. The molecule has 2 rings (SSSR count). The Kier molecular flexibility index (Phi) is 7.68. The van der Waals surface area contributed by atoms with Crippen molar-refractivity contribution in [3.63, 3.8) is 0 Å². The van der Waals surface area contributed by atoms with Gasteiger partial charge >= 0.3 is 64.3 Å². The zero-order valence-corrected chi connectivity index (χ0v) is 16.2. The molecule has 120 valence electrons. The van der Waals surface area contributed by atoms with Gasteiger partial charge in [0.2, 0.25) is 0 Å². The minimum absolute atomic E-state index is 0. The Morgan fingerprint density at radius 1 is 1.00 bits per heavy atom. The number of hydrogen-bond acceptors (Lipinski definition) is 3. The fourth-order valence-electron chi connectivity index (χ4n) is 1.94. The van der Waals surface area contributed by atoms with Crippen LogP contribution >= 0.6 is 0 Å². The summed E-state index contributed by atoms with van der Waals surface area (Å²) in [6.45, 7) is -5.33. The number of methoxy groups -OCH3 is 1. The standard InChI is InChI=1S/C15H12BF3NO3.K/c1-23-15(22)11-7-12(16(17,18)19)9-13(8-11)20-14(21)10-5-3-2-4-6-10;/h2-9H,1H3,(H,20,21);/q-1;+1. The van der Waals surface area contributed by atoms with Crippen LogP contribution in [0.2, 0.25) is 0 Å². The maximum absolute atomic E-state index is 13.0. The smallest absolute Gasteiger partial charge is 0.465 e. The van der Waals surface area contributed by atoms with Gasteiger partial charge in [-0.2, -0.15) is 0 Å². The average molecular weight is 361 g/mol. The third kappa shape index (κ3) is 5.45.